The van der Waals surface area contributed by atoms with Gasteiger partial charge in [-0.25, -0.2) is 5.43 Å². The first-order valence-corrected chi connectivity index (χ1v) is 2.80. The Hall–Kier alpha value is -0.750. The number of halogens is 3. The summed E-state index contributed by atoms with van der Waals surface area (Å²) in [4.78, 5) is 0. The van der Waals surface area contributed by atoms with Crippen molar-refractivity contribution in [2.45, 2.75) is 12.6 Å². The number of hydrogen-bond donors (Lipinski definition) is 1. The highest BCUT2D eigenvalue weighted by molar-refractivity contribution is 4.84. The quantitative estimate of drug-likeness (QED) is 0.619. The largest absolute Gasteiger partial charge is 0.524 e. The van der Waals surface area contributed by atoms with Gasteiger partial charge < -0.3 is 5.01 Å². The van der Waals surface area contributed by atoms with Crippen LogP contribution in [0.15, 0.2) is 6.20 Å². The lowest BCUT2D eigenvalue weighted by Crippen LogP contribution is -2.37. The van der Waals surface area contributed by atoms with Gasteiger partial charge in [0.25, 0.3) is 0 Å². The molecule has 0 aromatic heterocycles. The molecule has 63 valence electrons. The third-order valence-corrected chi connectivity index (χ3v) is 0.992. The molecule has 0 saturated heterocycles. The Bertz CT molecular complexity index is 168. The van der Waals surface area contributed by atoms with Crippen LogP contribution in [0.4, 0.5) is 13.2 Å². The van der Waals surface area contributed by atoms with E-state index in [1.165, 1.54) is 11.2 Å². The van der Waals surface area contributed by atoms with E-state index in [4.69, 9.17) is 0 Å². The van der Waals surface area contributed by atoms with Crippen molar-refractivity contribution in [3.8, 4) is 0 Å². The maximum atomic E-state index is 11.5. The van der Waals surface area contributed by atoms with Crippen LogP contribution in [0, 0.1) is 6.08 Å². The number of rotatable bonds is 1. The van der Waals surface area contributed by atoms with Crippen molar-refractivity contribution >= 4 is 0 Å². The molecule has 0 spiro atoms. The first-order valence-electron chi connectivity index (χ1n) is 2.80. The lowest BCUT2D eigenvalue weighted by atomic mass is 10.6. The molecule has 1 N–H and O–H groups in total. The van der Waals surface area contributed by atoms with Crippen LogP contribution in [0.2, 0.25) is 0 Å². The minimum Gasteiger partial charge on any atom is -0.316 e. The lowest BCUT2D eigenvalue weighted by Gasteiger charge is -2.15. The molecule has 0 fully saturated rings. The number of hydrazine groups is 1. The zero-order valence-corrected chi connectivity index (χ0v) is 5.64. The highest BCUT2D eigenvalue weighted by atomic mass is 19.4. The van der Waals surface area contributed by atoms with Gasteiger partial charge in [0.1, 0.15) is 0 Å². The third kappa shape index (κ3) is 2.77. The normalized spacial score (nSPS) is 24.7. The second-order valence-corrected chi connectivity index (χ2v) is 1.98. The van der Waals surface area contributed by atoms with Crippen LogP contribution < -0.4 is 5.43 Å². The molecule has 11 heavy (non-hydrogen) atoms. The minimum absolute atomic E-state index is 1.22. The molecule has 1 atom stereocenters. The van der Waals surface area contributed by atoms with Crippen LogP contribution in [0.5, 0.6) is 0 Å². The van der Waals surface area contributed by atoms with Crippen molar-refractivity contribution in [3.05, 3.63) is 12.3 Å². The molecule has 1 unspecified atom stereocenters. The number of nitrogens with zero attached hydrogens (tertiary/aromatic N) is 1. The van der Waals surface area contributed by atoms with Crippen LogP contribution in [-0.2, 0) is 4.74 Å². The minimum atomic E-state index is -4.62. The van der Waals surface area contributed by atoms with Gasteiger partial charge in [-0.15, -0.1) is 13.2 Å². The van der Waals surface area contributed by atoms with Gasteiger partial charge in [-0.2, -0.15) is 0 Å². The van der Waals surface area contributed by atoms with E-state index in [0.29, 0.717) is 0 Å². The maximum absolute atomic E-state index is 11.5. The summed E-state index contributed by atoms with van der Waals surface area (Å²) in [6.07, 6.45) is -2.20. The number of ether oxygens (including phenoxy) is 1. The first-order chi connectivity index (χ1) is 4.97. The Morgan fingerprint density at radius 1 is 1.64 bits per heavy atom. The molecule has 1 radical (unpaired) electrons. The smallest absolute Gasteiger partial charge is 0.316 e. The highest BCUT2D eigenvalue weighted by Gasteiger charge is 2.34. The van der Waals surface area contributed by atoms with Crippen molar-refractivity contribution in [2.24, 2.45) is 0 Å². The molecule has 0 aromatic rings. The zero-order valence-electron chi connectivity index (χ0n) is 5.64. The summed E-state index contributed by atoms with van der Waals surface area (Å²) in [7, 11) is 1.55. The Kier molecular flexibility index (Phi) is 2.05. The second kappa shape index (κ2) is 2.71. The van der Waals surface area contributed by atoms with Crippen LogP contribution in [-0.4, -0.2) is 24.6 Å². The van der Waals surface area contributed by atoms with Gasteiger partial charge in [0.05, 0.1) is 0 Å². The fourth-order valence-corrected chi connectivity index (χ4v) is 0.633. The molecule has 3 nitrogen and oxygen atoms in total. The molecular formula is C5H6F3N2O. The molecule has 1 aliphatic rings. The van der Waals surface area contributed by atoms with Crippen LogP contribution in [0.1, 0.15) is 0 Å². The molecule has 0 aliphatic carbocycles. The van der Waals surface area contributed by atoms with E-state index >= 15 is 0 Å². The molecule has 1 aliphatic heterocycles. The summed E-state index contributed by atoms with van der Waals surface area (Å²) in [5.41, 5.74) is 2.33. The maximum Gasteiger partial charge on any atom is 0.524 e. The fourth-order valence-electron chi connectivity index (χ4n) is 0.633. The second-order valence-electron chi connectivity index (χ2n) is 1.98. The monoisotopic (exact) mass is 167 g/mol. The van der Waals surface area contributed by atoms with Gasteiger partial charge in [-0.3, -0.25) is 4.74 Å². The molecule has 6 heteroatoms. The van der Waals surface area contributed by atoms with Gasteiger partial charge in [0, 0.05) is 19.3 Å². The summed E-state index contributed by atoms with van der Waals surface area (Å²) < 4.78 is 38.1. The lowest BCUT2D eigenvalue weighted by molar-refractivity contribution is -0.342. The zero-order chi connectivity index (χ0) is 8.48. The number of hydrogen-bond acceptors (Lipinski definition) is 3. The van der Waals surface area contributed by atoms with E-state index in [-0.39, 0.29) is 0 Å². The van der Waals surface area contributed by atoms with E-state index in [1.54, 1.807) is 7.05 Å². The van der Waals surface area contributed by atoms with Crippen LogP contribution in [0.3, 0.4) is 0 Å². The summed E-state index contributed by atoms with van der Waals surface area (Å²) in [5, 5.41) is 1.33. The van der Waals surface area contributed by atoms with Crippen molar-refractivity contribution in [1.82, 2.24) is 10.4 Å². The molecule has 0 amide bonds. The van der Waals surface area contributed by atoms with E-state index in [1.807, 2.05) is 0 Å². The van der Waals surface area contributed by atoms with Crippen LogP contribution >= 0.6 is 0 Å². The van der Waals surface area contributed by atoms with Crippen LogP contribution in [0.25, 0.3) is 0 Å². The molecule has 0 saturated carbocycles. The number of alkyl halides is 3. The van der Waals surface area contributed by atoms with Gasteiger partial charge in [-0.05, 0) is 0 Å². The van der Waals surface area contributed by atoms with E-state index in [2.05, 4.69) is 16.2 Å². The van der Waals surface area contributed by atoms with Crippen molar-refractivity contribution in [3.63, 3.8) is 0 Å². The van der Waals surface area contributed by atoms with Crippen molar-refractivity contribution in [2.75, 3.05) is 7.05 Å². The summed E-state index contributed by atoms with van der Waals surface area (Å²) >= 11 is 0. The van der Waals surface area contributed by atoms with E-state index < -0.39 is 12.6 Å². The number of nitrogens with one attached hydrogen (secondary N) is 1. The average molecular weight is 167 g/mol. The summed E-state index contributed by atoms with van der Waals surface area (Å²) in [6.45, 7) is 0. The van der Waals surface area contributed by atoms with E-state index in [9.17, 15) is 13.2 Å². The van der Waals surface area contributed by atoms with E-state index in [0.717, 1.165) is 0 Å². The van der Waals surface area contributed by atoms with Crippen molar-refractivity contribution < 1.29 is 17.9 Å². The molecule has 1 heterocycles. The predicted molar refractivity (Wildman–Crippen MR) is 29.6 cm³/mol. The summed E-state index contributed by atoms with van der Waals surface area (Å²) in [6, 6.07) is 0. The molecule has 0 bridgehead atoms. The van der Waals surface area contributed by atoms with Gasteiger partial charge in [0.15, 0.2) is 6.23 Å². The Morgan fingerprint density at radius 3 is 2.64 bits per heavy atom. The van der Waals surface area contributed by atoms with Gasteiger partial charge in [-0.1, -0.05) is 0 Å². The van der Waals surface area contributed by atoms with Gasteiger partial charge in [0.2, 0.25) is 0 Å². The highest BCUT2D eigenvalue weighted by Crippen LogP contribution is 2.19. The topological polar surface area (TPSA) is 24.5 Å². The van der Waals surface area contributed by atoms with Crippen molar-refractivity contribution in [1.29, 1.82) is 0 Å². The molecule has 1 rings (SSSR count). The Morgan fingerprint density at radius 2 is 2.27 bits per heavy atom. The molecular weight excluding hydrogens is 161 g/mol. The Balaban J connectivity index is 2.36. The summed E-state index contributed by atoms with van der Waals surface area (Å²) in [5.74, 6) is 0. The Labute approximate surface area is 61.4 Å². The van der Waals surface area contributed by atoms with Gasteiger partial charge >= 0.3 is 6.36 Å². The standard InChI is InChI=1S/C5H6F3N2O/c1-10-3-2-4(9-10)11-5(6,7)8/h3-4,9H,1H3. The average Bonchev–Trinajstić information content (AvgIpc) is 2.10. The first kappa shape index (κ1) is 8.35. The fraction of sp³-hybridized carbons (Fsp3) is 0.600. The third-order valence-electron chi connectivity index (χ3n) is 0.992. The SMILES string of the molecule is CN1C=[C]C(OC(F)(F)F)N1. The predicted octanol–water partition coefficient (Wildman–Crippen LogP) is 0.616. The molecule has 0 aromatic carbocycles.